The van der Waals surface area contributed by atoms with Crippen LogP contribution in [0.3, 0.4) is 0 Å². The number of nitriles is 1. The van der Waals surface area contributed by atoms with Crippen LogP contribution in [0.15, 0.2) is 23.3 Å². The minimum absolute atomic E-state index is 0.0510. The maximum absolute atomic E-state index is 13.6. The van der Waals surface area contributed by atoms with Crippen LogP contribution < -0.4 is 0 Å². The van der Waals surface area contributed by atoms with E-state index in [1.807, 2.05) is 0 Å². The van der Waals surface area contributed by atoms with Crippen molar-refractivity contribution in [1.82, 2.24) is 0 Å². The average molecular weight is 337 g/mol. The number of hydrogen-bond donors (Lipinski definition) is 1. The summed E-state index contributed by atoms with van der Waals surface area (Å²) in [5.74, 6) is 0.972. The summed E-state index contributed by atoms with van der Waals surface area (Å²) < 4.78 is 0. The fourth-order valence-electron chi connectivity index (χ4n) is 8.02. The number of aliphatic hydroxyl groups excluding tert-OH is 1. The van der Waals surface area contributed by atoms with E-state index >= 15 is 0 Å². The van der Waals surface area contributed by atoms with Gasteiger partial charge in [-0.3, -0.25) is 4.79 Å². The molecule has 0 bridgehead atoms. The van der Waals surface area contributed by atoms with Crippen molar-refractivity contribution in [3.63, 3.8) is 0 Å². The summed E-state index contributed by atoms with van der Waals surface area (Å²) in [7, 11) is 0. The molecule has 4 saturated carbocycles. The Labute approximate surface area is 149 Å². The Morgan fingerprint density at radius 3 is 2.92 bits per heavy atom. The largest absolute Gasteiger partial charge is 0.393 e. The molecule has 1 N–H and O–H groups in total. The van der Waals surface area contributed by atoms with Crippen molar-refractivity contribution in [1.29, 1.82) is 5.26 Å². The Morgan fingerprint density at radius 2 is 2.16 bits per heavy atom. The molecule has 0 saturated heterocycles. The lowest BCUT2D eigenvalue weighted by atomic mass is 9.47. The highest BCUT2D eigenvalue weighted by atomic mass is 16.3. The second kappa shape index (κ2) is 4.46. The van der Waals surface area contributed by atoms with E-state index in [1.165, 1.54) is 11.1 Å². The van der Waals surface area contributed by atoms with E-state index in [2.05, 4.69) is 26.0 Å². The van der Waals surface area contributed by atoms with Gasteiger partial charge in [-0.1, -0.05) is 31.1 Å². The van der Waals surface area contributed by atoms with E-state index in [9.17, 15) is 15.2 Å². The molecule has 5 aliphatic rings. The van der Waals surface area contributed by atoms with Crippen LogP contribution in [0.5, 0.6) is 0 Å². The standard InChI is InChI=1S/C22H27NO2/c1-19-12-18(25)22-13-21(22,17(19)4-3-14(19)7-10-23)9-5-15-11-16(24)6-8-20(15,22)2/h5,7,16-17,24H,3-4,6,8-9,11-13H2,1-2H3. The fourth-order valence-corrected chi connectivity index (χ4v) is 8.02. The summed E-state index contributed by atoms with van der Waals surface area (Å²) in [6.07, 6.45) is 11.1. The van der Waals surface area contributed by atoms with Gasteiger partial charge in [0.1, 0.15) is 5.78 Å². The molecule has 3 nitrogen and oxygen atoms in total. The highest BCUT2D eigenvalue weighted by Gasteiger charge is 2.85. The molecule has 0 aromatic heterocycles. The van der Waals surface area contributed by atoms with Gasteiger partial charge in [-0.15, -0.1) is 0 Å². The van der Waals surface area contributed by atoms with Crippen molar-refractivity contribution in [3.8, 4) is 6.07 Å². The van der Waals surface area contributed by atoms with Crippen LogP contribution in [0, 0.1) is 38.9 Å². The number of nitrogens with zero attached hydrogens (tertiary/aromatic N) is 1. The average Bonchev–Trinajstić information content (AvgIpc) is 3.19. The van der Waals surface area contributed by atoms with Crippen molar-refractivity contribution in [2.75, 3.05) is 0 Å². The molecule has 0 aromatic carbocycles. The molecule has 0 spiro atoms. The van der Waals surface area contributed by atoms with E-state index in [-0.39, 0.29) is 27.8 Å². The molecule has 3 heteroatoms. The van der Waals surface area contributed by atoms with Crippen molar-refractivity contribution >= 4 is 5.78 Å². The first-order valence-electron chi connectivity index (χ1n) is 9.84. The number of Topliss-reactive ketones (excluding diaryl/α,β-unsaturated/α-hetero) is 1. The lowest BCUT2D eigenvalue weighted by Crippen LogP contribution is -2.54. The molecule has 0 amide bonds. The molecule has 0 radical (unpaired) electrons. The first-order valence-corrected chi connectivity index (χ1v) is 9.84. The van der Waals surface area contributed by atoms with Crippen LogP contribution in [-0.2, 0) is 4.79 Å². The fraction of sp³-hybridized carbons (Fsp3) is 0.727. The number of allylic oxidation sites excluding steroid dienone is 3. The Hall–Kier alpha value is -1.40. The molecule has 6 atom stereocenters. The van der Waals surface area contributed by atoms with Crippen LogP contribution >= 0.6 is 0 Å². The van der Waals surface area contributed by atoms with Crippen molar-refractivity contribution in [2.45, 2.75) is 71.3 Å². The summed E-state index contributed by atoms with van der Waals surface area (Å²) in [6, 6.07) is 2.22. The Balaban J connectivity index is 1.64. The smallest absolute Gasteiger partial charge is 0.141 e. The van der Waals surface area contributed by atoms with Gasteiger partial charge < -0.3 is 5.11 Å². The molecule has 25 heavy (non-hydrogen) atoms. The Morgan fingerprint density at radius 1 is 1.36 bits per heavy atom. The van der Waals surface area contributed by atoms with Crippen LogP contribution in [-0.4, -0.2) is 17.0 Å². The lowest BCUT2D eigenvalue weighted by molar-refractivity contribution is -0.141. The van der Waals surface area contributed by atoms with Gasteiger partial charge in [-0.25, -0.2) is 0 Å². The van der Waals surface area contributed by atoms with E-state index in [0.717, 1.165) is 44.9 Å². The van der Waals surface area contributed by atoms with Crippen molar-refractivity contribution in [3.05, 3.63) is 23.3 Å². The summed E-state index contributed by atoms with van der Waals surface area (Å²) in [5.41, 5.74) is 2.33. The highest BCUT2D eigenvalue weighted by Crippen LogP contribution is 2.88. The van der Waals surface area contributed by atoms with Crippen molar-refractivity contribution in [2.24, 2.45) is 27.6 Å². The summed E-state index contributed by atoms with van der Waals surface area (Å²) in [6.45, 7) is 4.56. The highest BCUT2D eigenvalue weighted by molar-refractivity contribution is 5.94. The number of hydrogen-bond acceptors (Lipinski definition) is 3. The number of fused-ring (bicyclic) bond motifs is 2. The third kappa shape index (κ3) is 1.51. The Kier molecular flexibility index (Phi) is 2.83. The number of carbonyl (C=O) groups is 1. The zero-order valence-corrected chi connectivity index (χ0v) is 15.3. The number of carbonyl (C=O) groups excluding carboxylic acids is 1. The molecule has 0 aliphatic heterocycles. The number of rotatable bonds is 0. The van der Waals surface area contributed by atoms with Crippen LogP contribution in [0.2, 0.25) is 0 Å². The quantitative estimate of drug-likeness (QED) is 0.535. The predicted molar refractivity (Wildman–Crippen MR) is 94.3 cm³/mol. The summed E-state index contributed by atoms with van der Waals surface area (Å²) >= 11 is 0. The summed E-state index contributed by atoms with van der Waals surface area (Å²) in [5, 5.41) is 19.3. The second-order valence-electron chi connectivity index (χ2n) is 9.81. The van der Waals surface area contributed by atoms with Gasteiger partial charge in [-0.05, 0) is 61.7 Å². The molecule has 5 aliphatic carbocycles. The first-order chi connectivity index (χ1) is 11.8. The minimum Gasteiger partial charge on any atom is -0.393 e. The molecular formula is C22H27NO2. The maximum Gasteiger partial charge on any atom is 0.141 e. The zero-order valence-electron chi connectivity index (χ0n) is 15.3. The molecular weight excluding hydrogens is 310 g/mol. The normalized spacial score (nSPS) is 54.7. The van der Waals surface area contributed by atoms with Gasteiger partial charge in [0.15, 0.2) is 0 Å². The molecule has 0 aromatic rings. The predicted octanol–water partition coefficient (Wildman–Crippen LogP) is 4.08. The van der Waals surface area contributed by atoms with Gasteiger partial charge in [0, 0.05) is 23.3 Å². The third-order valence-corrected chi connectivity index (χ3v) is 9.22. The molecule has 132 valence electrons. The number of ketones is 1. The zero-order chi connectivity index (χ0) is 17.7. The van der Waals surface area contributed by atoms with Crippen LogP contribution in [0.4, 0.5) is 0 Å². The molecule has 5 rings (SSSR count). The van der Waals surface area contributed by atoms with E-state index in [0.29, 0.717) is 18.1 Å². The lowest BCUT2D eigenvalue weighted by Gasteiger charge is -2.55. The second-order valence-corrected chi connectivity index (χ2v) is 9.81. The van der Waals surface area contributed by atoms with Gasteiger partial charge in [0.2, 0.25) is 0 Å². The maximum atomic E-state index is 13.6. The number of aliphatic hydroxyl groups is 1. The van der Waals surface area contributed by atoms with Gasteiger partial charge in [0.25, 0.3) is 0 Å². The monoisotopic (exact) mass is 337 g/mol. The SMILES string of the molecule is CC12CC(=O)C34CC3(CC=C3CC(O)CCC34C)C1CCC2=CC#N. The van der Waals surface area contributed by atoms with Gasteiger partial charge >= 0.3 is 0 Å². The first kappa shape index (κ1) is 15.8. The third-order valence-electron chi connectivity index (χ3n) is 9.22. The molecule has 6 unspecified atom stereocenters. The topological polar surface area (TPSA) is 61.1 Å². The molecule has 0 heterocycles. The van der Waals surface area contributed by atoms with Gasteiger partial charge in [-0.2, -0.15) is 5.26 Å². The summed E-state index contributed by atoms with van der Waals surface area (Å²) in [4.78, 5) is 13.6. The van der Waals surface area contributed by atoms with Gasteiger partial charge in [0.05, 0.1) is 12.2 Å². The van der Waals surface area contributed by atoms with Crippen molar-refractivity contribution < 1.29 is 9.90 Å². The molecule has 4 fully saturated rings. The van der Waals surface area contributed by atoms with Crippen LogP contribution in [0.1, 0.15) is 65.2 Å². The van der Waals surface area contributed by atoms with Crippen LogP contribution in [0.25, 0.3) is 0 Å². The van der Waals surface area contributed by atoms with E-state index in [4.69, 9.17) is 0 Å². The van der Waals surface area contributed by atoms with E-state index in [1.54, 1.807) is 6.08 Å². The Bertz CT molecular complexity index is 788. The minimum atomic E-state index is -0.234. The van der Waals surface area contributed by atoms with E-state index < -0.39 is 0 Å².